The van der Waals surface area contributed by atoms with Crippen LogP contribution in [0.1, 0.15) is 18.9 Å². The molecule has 144 valence electrons. The molecule has 6 nitrogen and oxygen atoms in total. The first-order chi connectivity index (χ1) is 13.3. The van der Waals surface area contributed by atoms with E-state index in [1.54, 1.807) is 43.3 Å². The van der Waals surface area contributed by atoms with Gasteiger partial charge in [-0.3, -0.25) is 9.59 Å². The predicted octanol–water partition coefficient (Wildman–Crippen LogP) is 4.21. The van der Waals surface area contributed by atoms with Gasteiger partial charge in [-0.1, -0.05) is 51.4 Å². The number of rotatable bonds is 4. The zero-order valence-electron chi connectivity index (χ0n) is 14.8. The lowest BCUT2D eigenvalue weighted by atomic mass is 10.1. The van der Waals surface area contributed by atoms with Crippen molar-refractivity contribution >= 4 is 67.7 Å². The lowest BCUT2D eigenvalue weighted by Gasteiger charge is -2.14. The molecule has 1 heterocycles. The number of nitrogens with zero attached hydrogens (tertiary/aromatic N) is 3. The first-order valence-electron chi connectivity index (χ1n) is 8.28. The van der Waals surface area contributed by atoms with E-state index in [2.05, 4.69) is 26.1 Å². The van der Waals surface area contributed by atoms with Gasteiger partial charge in [0.15, 0.2) is 5.17 Å². The van der Waals surface area contributed by atoms with Crippen molar-refractivity contribution in [1.29, 1.82) is 0 Å². The lowest BCUT2D eigenvalue weighted by molar-refractivity contribution is -0.121. The third kappa shape index (κ3) is 4.81. The molecule has 0 saturated carbocycles. The van der Waals surface area contributed by atoms with Gasteiger partial charge in [-0.05, 0) is 48.9 Å². The van der Waals surface area contributed by atoms with Crippen molar-refractivity contribution in [3.8, 4) is 0 Å². The summed E-state index contributed by atoms with van der Waals surface area (Å²) in [5.74, 6) is -0.577. The van der Waals surface area contributed by atoms with Crippen LogP contribution in [0.3, 0.4) is 0 Å². The van der Waals surface area contributed by atoms with Crippen molar-refractivity contribution in [2.24, 2.45) is 15.9 Å². The van der Waals surface area contributed by atoms with Crippen molar-refractivity contribution in [3.05, 3.63) is 63.6 Å². The third-order valence-corrected chi connectivity index (χ3v) is 5.77. The maximum absolute atomic E-state index is 12.6. The van der Waals surface area contributed by atoms with E-state index in [0.717, 1.165) is 21.8 Å². The highest BCUT2D eigenvalue weighted by molar-refractivity contribution is 9.10. The standard InChI is InChI=1S/C19H16BrClN4O2S/c1-11(12-2-6-14(21)7-3-12)23-24-19(22)28-16-10-17(26)25(18(16)27)15-8-4-13(20)5-9-15/h2-9,16H,10H2,1H3,(H2,22,24)/b23-11-/t16-/m0/s1. The zero-order chi connectivity index (χ0) is 20.3. The molecule has 1 saturated heterocycles. The summed E-state index contributed by atoms with van der Waals surface area (Å²) >= 11 is 10.2. The number of benzene rings is 2. The van der Waals surface area contributed by atoms with Crippen LogP contribution in [-0.2, 0) is 9.59 Å². The van der Waals surface area contributed by atoms with Crippen molar-refractivity contribution in [3.63, 3.8) is 0 Å². The fraction of sp³-hybridized carbons (Fsp3) is 0.158. The van der Waals surface area contributed by atoms with Crippen molar-refractivity contribution in [1.82, 2.24) is 0 Å². The van der Waals surface area contributed by atoms with E-state index in [9.17, 15) is 9.59 Å². The van der Waals surface area contributed by atoms with Crippen molar-refractivity contribution < 1.29 is 9.59 Å². The molecule has 1 fully saturated rings. The summed E-state index contributed by atoms with van der Waals surface area (Å²) in [6.45, 7) is 1.80. The van der Waals surface area contributed by atoms with Crippen LogP contribution in [-0.4, -0.2) is 27.9 Å². The molecular weight excluding hydrogens is 464 g/mol. The summed E-state index contributed by atoms with van der Waals surface area (Å²) in [6, 6.07) is 14.2. The molecule has 3 rings (SSSR count). The molecule has 1 atom stereocenters. The fourth-order valence-electron chi connectivity index (χ4n) is 2.60. The third-order valence-electron chi connectivity index (χ3n) is 4.01. The van der Waals surface area contributed by atoms with E-state index in [0.29, 0.717) is 16.4 Å². The van der Waals surface area contributed by atoms with Gasteiger partial charge in [0.25, 0.3) is 0 Å². The van der Waals surface area contributed by atoms with E-state index in [1.807, 2.05) is 12.1 Å². The van der Waals surface area contributed by atoms with Gasteiger partial charge >= 0.3 is 0 Å². The van der Waals surface area contributed by atoms with Gasteiger partial charge in [-0.15, -0.1) is 5.10 Å². The number of anilines is 1. The van der Waals surface area contributed by atoms with Crippen LogP contribution >= 0.6 is 39.3 Å². The lowest BCUT2D eigenvalue weighted by Crippen LogP contribution is -2.31. The molecule has 2 aromatic rings. The quantitative estimate of drug-likeness (QED) is 0.308. The molecule has 0 spiro atoms. The van der Waals surface area contributed by atoms with Crippen LogP contribution in [0.25, 0.3) is 0 Å². The van der Waals surface area contributed by atoms with E-state index < -0.39 is 5.25 Å². The second kappa shape index (κ2) is 8.89. The minimum Gasteiger partial charge on any atom is -0.377 e. The summed E-state index contributed by atoms with van der Waals surface area (Å²) in [4.78, 5) is 26.1. The molecule has 1 aliphatic heterocycles. The topological polar surface area (TPSA) is 88.1 Å². The molecule has 0 aliphatic carbocycles. The minimum absolute atomic E-state index is 0.0651. The average Bonchev–Trinajstić information content (AvgIpc) is 2.94. The van der Waals surface area contributed by atoms with Crippen LogP contribution in [0.15, 0.2) is 63.2 Å². The number of carbonyl (C=O) groups is 2. The number of imide groups is 1. The summed E-state index contributed by atoms with van der Waals surface area (Å²) in [6.07, 6.45) is 0.0651. The van der Waals surface area contributed by atoms with E-state index in [4.69, 9.17) is 17.3 Å². The number of nitrogens with two attached hydrogens (primary N) is 1. The van der Waals surface area contributed by atoms with Crippen molar-refractivity contribution in [2.75, 3.05) is 4.90 Å². The average molecular weight is 480 g/mol. The number of hydrogen-bond donors (Lipinski definition) is 1. The van der Waals surface area contributed by atoms with Crippen LogP contribution in [0.2, 0.25) is 5.02 Å². The molecule has 2 amide bonds. The number of halogens is 2. The van der Waals surface area contributed by atoms with Gasteiger partial charge in [0, 0.05) is 15.9 Å². The molecule has 1 aliphatic rings. The van der Waals surface area contributed by atoms with Crippen LogP contribution in [0.4, 0.5) is 5.69 Å². The smallest absolute Gasteiger partial charge is 0.247 e. The number of hydrogen-bond acceptors (Lipinski definition) is 5. The number of thioether (sulfide) groups is 1. The molecule has 9 heteroatoms. The molecule has 0 bridgehead atoms. The summed E-state index contributed by atoms with van der Waals surface area (Å²) in [5.41, 5.74) is 7.97. The second-order valence-electron chi connectivity index (χ2n) is 5.98. The molecule has 0 radical (unpaired) electrons. The second-order valence-corrected chi connectivity index (χ2v) is 8.56. The van der Waals surface area contributed by atoms with Gasteiger partial charge in [-0.25, -0.2) is 4.90 Å². The van der Waals surface area contributed by atoms with E-state index >= 15 is 0 Å². The van der Waals surface area contributed by atoms with E-state index in [1.165, 1.54) is 4.90 Å². The Hall–Kier alpha value is -2.16. The van der Waals surface area contributed by atoms with Crippen LogP contribution in [0.5, 0.6) is 0 Å². The first kappa shape index (κ1) is 20.6. The Balaban J connectivity index is 1.69. The molecule has 0 unspecified atom stereocenters. The highest BCUT2D eigenvalue weighted by Gasteiger charge is 2.40. The van der Waals surface area contributed by atoms with E-state index in [-0.39, 0.29) is 23.4 Å². The molecule has 0 aromatic heterocycles. The predicted molar refractivity (Wildman–Crippen MR) is 118 cm³/mol. The maximum Gasteiger partial charge on any atom is 0.247 e. The minimum atomic E-state index is -0.620. The highest BCUT2D eigenvalue weighted by atomic mass is 79.9. The Labute approximate surface area is 180 Å². The number of amidine groups is 1. The number of amides is 2. The number of carbonyl (C=O) groups excluding carboxylic acids is 2. The van der Waals surface area contributed by atoms with Gasteiger partial charge < -0.3 is 5.73 Å². The Morgan fingerprint density at radius 2 is 1.79 bits per heavy atom. The highest BCUT2D eigenvalue weighted by Crippen LogP contribution is 2.30. The Kier molecular flexibility index (Phi) is 6.53. The Morgan fingerprint density at radius 1 is 1.14 bits per heavy atom. The van der Waals surface area contributed by atoms with Crippen LogP contribution < -0.4 is 10.6 Å². The van der Waals surface area contributed by atoms with Crippen LogP contribution in [0, 0.1) is 0 Å². The summed E-state index contributed by atoms with van der Waals surface area (Å²) in [7, 11) is 0. The molecular formula is C19H16BrClN4O2S. The summed E-state index contributed by atoms with van der Waals surface area (Å²) in [5, 5.41) is 8.21. The zero-order valence-corrected chi connectivity index (χ0v) is 18.0. The normalized spacial score (nSPS) is 18.1. The fourth-order valence-corrected chi connectivity index (χ4v) is 3.80. The van der Waals surface area contributed by atoms with Gasteiger partial charge in [-0.2, -0.15) is 5.10 Å². The van der Waals surface area contributed by atoms with Crippen molar-refractivity contribution in [2.45, 2.75) is 18.6 Å². The molecule has 2 aromatic carbocycles. The molecule has 2 N–H and O–H groups in total. The first-order valence-corrected chi connectivity index (χ1v) is 10.3. The Bertz CT molecular complexity index is 961. The van der Waals surface area contributed by atoms with Gasteiger partial charge in [0.1, 0.15) is 5.25 Å². The Morgan fingerprint density at radius 3 is 2.43 bits per heavy atom. The maximum atomic E-state index is 12.6. The monoisotopic (exact) mass is 478 g/mol. The summed E-state index contributed by atoms with van der Waals surface area (Å²) < 4.78 is 0.867. The largest absolute Gasteiger partial charge is 0.377 e. The SMILES string of the molecule is C/C(=N/N=C(N)S[C@H]1CC(=O)N(c2ccc(Br)cc2)C1=O)c1ccc(Cl)cc1. The van der Waals surface area contributed by atoms with Gasteiger partial charge in [0.05, 0.1) is 11.4 Å². The molecule has 28 heavy (non-hydrogen) atoms. The van der Waals surface area contributed by atoms with Gasteiger partial charge in [0.2, 0.25) is 11.8 Å².